The molecule has 0 aliphatic heterocycles. The van der Waals surface area contributed by atoms with Crippen molar-refractivity contribution in [1.82, 2.24) is 20.6 Å². The average Bonchev–Trinajstić information content (AvgIpc) is 2.75. The van der Waals surface area contributed by atoms with E-state index in [9.17, 15) is 4.39 Å². The van der Waals surface area contributed by atoms with Gasteiger partial charge < -0.3 is 5.73 Å². The van der Waals surface area contributed by atoms with Crippen molar-refractivity contribution in [3.05, 3.63) is 41.5 Å². The Labute approximate surface area is 85.5 Å². The second-order valence-electron chi connectivity index (χ2n) is 3.08. The van der Waals surface area contributed by atoms with Gasteiger partial charge in [-0.25, -0.2) is 4.39 Å². The van der Waals surface area contributed by atoms with E-state index in [0.717, 1.165) is 0 Å². The molecule has 0 saturated carbocycles. The van der Waals surface area contributed by atoms with Crippen LogP contribution in [0.1, 0.15) is 17.3 Å². The van der Waals surface area contributed by atoms with Crippen LogP contribution in [-0.4, -0.2) is 27.2 Å². The molecule has 0 spiro atoms. The predicted octanol–water partition coefficient (Wildman–Crippen LogP) is 0.429. The molecule has 0 aliphatic rings. The van der Waals surface area contributed by atoms with Gasteiger partial charge in [-0.2, -0.15) is 5.21 Å². The zero-order valence-corrected chi connectivity index (χ0v) is 7.89. The molecule has 2 rings (SSSR count). The third kappa shape index (κ3) is 1.84. The quantitative estimate of drug-likeness (QED) is 0.764. The fourth-order valence-electron chi connectivity index (χ4n) is 1.45. The number of hydrogen-bond acceptors (Lipinski definition) is 4. The Morgan fingerprint density at radius 1 is 1.40 bits per heavy atom. The van der Waals surface area contributed by atoms with Crippen molar-refractivity contribution in [3.8, 4) is 0 Å². The van der Waals surface area contributed by atoms with Crippen molar-refractivity contribution in [2.24, 2.45) is 5.73 Å². The third-order valence-corrected chi connectivity index (χ3v) is 2.19. The van der Waals surface area contributed by atoms with Gasteiger partial charge in [-0.3, -0.25) is 0 Å². The van der Waals surface area contributed by atoms with Gasteiger partial charge in [0.1, 0.15) is 5.82 Å². The van der Waals surface area contributed by atoms with E-state index in [1.165, 1.54) is 6.07 Å². The third-order valence-electron chi connectivity index (χ3n) is 2.19. The lowest BCUT2D eigenvalue weighted by Crippen LogP contribution is -2.16. The molecule has 1 unspecified atom stereocenters. The second kappa shape index (κ2) is 4.14. The molecule has 0 aliphatic carbocycles. The SMILES string of the molecule is NCC(c1nn[nH]n1)c1ccccc1F. The molecule has 15 heavy (non-hydrogen) atoms. The van der Waals surface area contributed by atoms with Gasteiger partial charge >= 0.3 is 0 Å². The first-order valence-electron chi connectivity index (χ1n) is 4.50. The first-order valence-corrected chi connectivity index (χ1v) is 4.50. The van der Waals surface area contributed by atoms with E-state index in [-0.39, 0.29) is 18.3 Å². The molecule has 78 valence electrons. The van der Waals surface area contributed by atoms with Gasteiger partial charge in [0.2, 0.25) is 0 Å². The van der Waals surface area contributed by atoms with Gasteiger partial charge in [-0.05, 0) is 11.6 Å². The molecule has 6 heteroatoms. The van der Waals surface area contributed by atoms with Crippen LogP contribution in [0.4, 0.5) is 4.39 Å². The van der Waals surface area contributed by atoms with E-state index < -0.39 is 0 Å². The van der Waals surface area contributed by atoms with Crippen LogP contribution in [0.15, 0.2) is 24.3 Å². The van der Waals surface area contributed by atoms with Crippen LogP contribution in [0.5, 0.6) is 0 Å². The van der Waals surface area contributed by atoms with Crippen molar-refractivity contribution >= 4 is 0 Å². The zero-order valence-electron chi connectivity index (χ0n) is 7.89. The summed E-state index contributed by atoms with van der Waals surface area (Å²) >= 11 is 0. The zero-order chi connectivity index (χ0) is 10.7. The summed E-state index contributed by atoms with van der Waals surface area (Å²) in [5, 5.41) is 13.4. The lowest BCUT2D eigenvalue weighted by molar-refractivity contribution is 0.591. The van der Waals surface area contributed by atoms with Crippen molar-refractivity contribution in [2.75, 3.05) is 6.54 Å². The highest BCUT2D eigenvalue weighted by Crippen LogP contribution is 2.22. The van der Waals surface area contributed by atoms with Crippen LogP contribution in [0.25, 0.3) is 0 Å². The van der Waals surface area contributed by atoms with E-state index in [2.05, 4.69) is 20.6 Å². The van der Waals surface area contributed by atoms with Crippen LogP contribution in [-0.2, 0) is 0 Å². The summed E-state index contributed by atoms with van der Waals surface area (Å²) < 4.78 is 13.5. The summed E-state index contributed by atoms with van der Waals surface area (Å²) in [6.07, 6.45) is 0. The molecule has 3 N–H and O–H groups in total. The fraction of sp³-hybridized carbons (Fsp3) is 0.222. The standard InChI is InChI=1S/C9H10FN5/c10-8-4-2-1-3-6(8)7(5-11)9-12-14-15-13-9/h1-4,7H,5,11H2,(H,12,13,14,15). The number of halogens is 1. The van der Waals surface area contributed by atoms with Gasteiger partial charge in [-0.1, -0.05) is 23.4 Å². The Morgan fingerprint density at radius 2 is 2.20 bits per heavy atom. The van der Waals surface area contributed by atoms with Crippen LogP contribution in [0.2, 0.25) is 0 Å². The largest absolute Gasteiger partial charge is 0.329 e. The number of nitrogens with zero attached hydrogens (tertiary/aromatic N) is 3. The molecule has 0 saturated heterocycles. The van der Waals surface area contributed by atoms with Crippen LogP contribution in [0, 0.1) is 5.82 Å². The molecular formula is C9H10FN5. The highest BCUT2D eigenvalue weighted by atomic mass is 19.1. The minimum absolute atomic E-state index is 0.237. The smallest absolute Gasteiger partial charge is 0.183 e. The molecule has 5 nitrogen and oxygen atoms in total. The van der Waals surface area contributed by atoms with Crippen LogP contribution < -0.4 is 5.73 Å². The van der Waals surface area contributed by atoms with Gasteiger partial charge in [0.15, 0.2) is 5.82 Å². The molecule has 1 atom stereocenters. The highest BCUT2D eigenvalue weighted by molar-refractivity contribution is 5.26. The molecule has 0 bridgehead atoms. The molecule has 0 fully saturated rings. The van der Waals surface area contributed by atoms with Gasteiger partial charge in [0.25, 0.3) is 0 Å². The van der Waals surface area contributed by atoms with Gasteiger partial charge in [0.05, 0.1) is 5.92 Å². The number of hydrogen-bond donors (Lipinski definition) is 2. The van der Waals surface area contributed by atoms with Crippen molar-refractivity contribution < 1.29 is 4.39 Å². The van der Waals surface area contributed by atoms with Crippen molar-refractivity contribution in [3.63, 3.8) is 0 Å². The predicted molar refractivity (Wildman–Crippen MR) is 51.5 cm³/mol. The second-order valence-corrected chi connectivity index (χ2v) is 3.08. The summed E-state index contributed by atoms with van der Waals surface area (Å²) in [5.74, 6) is -0.259. The number of nitrogens with two attached hydrogens (primary N) is 1. The molecule has 2 aromatic rings. The van der Waals surface area contributed by atoms with Crippen LogP contribution >= 0.6 is 0 Å². The summed E-state index contributed by atoms with van der Waals surface area (Å²) in [7, 11) is 0. The maximum atomic E-state index is 13.5. The number of aromatic nitrogens is 4. The topological polar surface area (TPSA) is 80.5 Å². The average molecular weight is 207 g/mol. The van der Waals surface area contributed by atoms with E-state index in [1.807, 2.05) is 0 Å². The van der Waals surface area contributed by atoms with E-state index in [0.29, 0.717) is 11.4 Å². The molecular weight excluding hydrogens is 197 g/mol. The molecule has 1 heterocycles. The van der Waals surface area contributed by atoms with Crippen LogP contribution in [0.3, 0.4) is 0 Å². The fourth-order valence-corrected chi connectivity index (χ4v) is 1.45. The van der Waals surface area contributed by atoms with E-state index in [1.54, 1.807) is 18.2 Å². The summed E-state index contributed by atoms with van der Waals surface area (Å²) in [6.45, 7) is 0.237. The number of H-pyrrole nitrogens is 1. The first kappa shape index (κ1) is 9.72. The Kier molecular flexibility index (Phi) is 2.68. The highest BCUT2D eigenvalue weighted by Gasteiger charge is 2.19. The molecule has 0 amide bonds. The minimum atomic E-state index is -0.357. The Balaban J connectivity index is 2.40. The van der Waals surface area contributed by atoms with E-state index >= 15 is 0 Å². The molecule has 1 aromatic heterocycles. The number of benzene rings is 1. The number of tetrazole rings is 1. The number of rotatable bonds is 3. The molecule has 1 aromatic carbocycles. The molecule has 0 radical (unpaired) electrons. The maximum absolute atomic E-state index is 13.5. The number of aromatic amines is 1. The first-order chi connectivity index (χ1) is 7.33. The lowest BCUT2D eigenvalue weighted by atomic mass is 9.98. The summed E-state index contributed by atoms with van der Waals surface area (Å²) in [6, 6.07) is 6.44. The van der Waals surface area contributed by atoms with Gasteiger partial charge in [0, 0.05) is 6.54 Å². The van der Waals surface area contributed by atoms with E-state index in [4.69, 9.17) is 5.73 Å². The van der Waals surface area contributed by atoms with Gasteiger partial charge in [-0.15, -0.1) is 10.2 Å². The summed E-state index contributed by atoms with van der Waals surface area (Å²) in [4.78, 5) is 0. The van der Waals surface area contributed by atoms with Crippen molar-refractivity contribution in [2.45, 2.75) is 5.92 Å². The number of nitrogens with one attached hydrogen (secondary N) is 1. The Bertz CT molecular complexity index is 428. The Morgan fingerprint density at radius 3 is 2.80 bits per heavy atom. The Hall–Kier alpha value is -1.82. The summed E-state index contributed by atoms with van der Waals surface area (Å²) in [5.41, 5.74) is 6.06. The maximum Gasteiger partial charge on any atom is 0.183 e. The van der Waals surface area contributed by atoms with Crippen molar-refractivity contribution in [1.29, 1.82) is 0 Å². The minimum Gasteiger partial charge on any atom is -0.329 e. The normalized spacial score (nSPS) is 12.7. The monoisotopic (exact) mass is 207 g/mol. The lowest BCUT2D eigenvalue weighted by Gasteiger charge is -2.11.